The Kier molecular flexibility index (Phi) is 9.74. The van der Waals surface area contributed by atoms with E-state index in [0.29, 0.717) is 23.5 Å². The van der Waals surface area contributed by atoms with Crippen LogP contribution in [0.2, 0.25) is 0 Å². The second kappa shape index (κ2) is 13.8. The van der Waals surface area contributed by atoms with E-state index < -0.39 is 0 Å². The van der Waals surface area contributed by atoms with Gasteiger partial charge in [0, 0.05) is 31.6 Å². The Bertz CT molecular complexity index is 1430. The van der Waals surface area contributed by atoms with Crippen LogP contribution in [-0.4, -0.2) is 54.4 Å². The highest BCUT2D eigenvalue weighted by molar-refractivity contribution is 7.13. The Balaban J connectivity index is 1.26. The van der Waals surface area contributed by atoms with Crippen molar-refractivity contribution in [2.45, 2.75) is 70.9 Å². The summed E-state index contributed by atoms with van der Waals surface area (Å²) in [6.07, 6.45) is 12.5. The minimum atomic E-state index is -0.268. The molecule has 0 spiro atoms. The van der Waals surface area contributed by atoms with Gasteiger partial charge in [-0.15, -0.1) is 11.3 Å². The molecular weight excluding hydrogens is 534 g/mol. The van der Waals surface area contributed by atoms with Gasteiger partial charge in [-0.05, 0) is 50.4 Å². The van der Waals surface area contributed by atoms with Gasteiger partial charge in [0.1, 0.15) is 21.5 Å². The summed E-state index contributed by atoms with van der Waals surface area (Å²) in [6, 6.07) is 9.94. The van der Waals surface area contributed by atoms with Gasteiger partial charge in [0.15, 0.2) is 0 Å². The summed E-state index contributed by atoms with van der Waals surface area (Å²) in [4.78, 5) is 40.7. The maximum absolute atomic E-state index is 13.3. The molecule has 0 aliphatic carbocycles. The number of unbranched alkanes of at least 4 members (excludes halogenated alkanes) is 2. The number of aromatic amines is 1. The number of likely N-dealkylation sites (tertiary alicyclic amines) is 1. The number of aromatic nitrogens is 5. The lowest BCUT2D eigenvalue weighted by Gasteiger charge is -2.16. The maximum atomic E-state index is 13.3. The van der Waals surface area contributed by atoms with E-state index in [1.165, 1.54) is 24.2 Å². The fourth-order valence-electron chi connectivity index (χ4n) is 5.20. The van der Waals surface area contributed by atoms with Crippen molar-refractivity contribution < 1.29 is 9.59 Å². The second-order valence-electron chi connectivity index (χ2n) is 10.8. The minimum absolute atomic E-state index is 0.126. The third kappa shape index (κ3) is 7.77. The highest BCUT2D eigenvalue weighted by atomic mass is 32.1. The number of nitrogens with one attached hydrogen (secondary N) is 2. The number of nitrogens with zero attached hydrogens (tertiary/aromatic N) is 5. The van der Waals surface area contributed by atoms with Crippen molar-refractivity contribution in [3.63, 3.8) is 0 Å². The maximum Gasteiger partial charge on any atom is 0.263 e. The van der Waals surface area contributed by atoms with E-state index in [2.05, 4.69) is 54.5 Å². The Labute approximate surface area is 245 Å². The number of rotatable bonds is 14. The first-order valence-corrected chi connectivity index (χ1v) is 15.4. The zero-order valence-corrected chi connectivity index (χ0v) is 24.8. The van der Waals surface area contributed by atoms with E-state index in [1.54, 1.807) is 10.9 Å². The van der Waals surface area contributed by atoms with Crippen LogP contribution < -0.4 is 5.32 Å². The number of thiazole rings is 1. The zero-order valence-electron chi connectivity index (χ0n) is 23.9. The number of imidazole rings is 1. The number of Topliss-reactive ketones (excluding diaryl/α,β-unsaturated/α-hetero) is 1. The van der Waals surface area contributed by atoms with E-state index in [-0.39, 0.29) is 11.9 Å². The van der Waals surface area contributed by atoms with Gasteiger partial charge < -0.3 is 10.3 Å². The first-order chi connectivity index (χ1) is 20.0. The lowest BCUT2D eigenvalue weighted by atomic mass is 10.0. The first-order valence-electron chi connectivity index (χ1n) is 14.6. The van der Waals surface area contributed by atoms with Crippen molar-refractivity contribution in [3.05, 3.63) is 64.6 Å². The van der Waals surface area contributed by atoms with Gasteiger partial charge in [-0.3, -0.25) is 19.2 Å². The Morgan fingerprint density at radius 1 is 1.02 bits per heavy atom. The molecule has 1 saturated heterocycles. The molecule has 5 rings (SSSR count). The smallest absolute Gasteiger partial charge is 0.263 e. The van der Waals surface area contributed by atoms with Crippen molar-refractivity contribution in [1.29, 1.82) is 0 Å². The molecule has 1 fully saturated rings. The predicted molar refractivity (Wildman–Crippen MR) is 161 cm³/mol. The van der Waals surface area contributed by atoms with Gasteiger partial charge in [0.05, 0.1) is 36.4 Å². The average molecular weight is 574 g/mol. The lowest BCUT2D eigenvalue weighted by Crippen LogP contribution is -2.28. The number of benzene rings is 1. The molecule has 1 aromatic carbocycles. The van der Waals surface area contributed by atoms with Crippen LogP contribution in [0.4, 0.5) is 0 Å². The molecule has 216 valence electrons. The molecule has 4 aromatic rings. The summed E-state index contributed by atoms with van der Waals surface area (Å²) < 4.78 is 1.79. The van der Waals surface area contributed by atoms with Crippen LogP contribution in [0.5, 0.6) is 0 Å². The van der Waals surface area contributed by atoms with Crippen LogP contribution in [0.1, 0.15) is 84.8 Å². The lowest BCUT2D eigenvalue weighted by molar-refractivity contribution is -0.118. The predicted octanol–water partition coefficient (Wildman–Crippen LogP) is 5.93. The number of aryl methyl sites for hydroxylation is 1. The van der Waals surface area contributed by atoms with E-state index in [9.17, 15) is 9.59 Å². The standard InChI is InChI=1S/C31H39N7O2S/c1-3-24(39)9-5-4-6-10-26(35-31(40)28-20-32-29(41-28)21-38-16-7-8-17-38)30-33-19-27(34-30)23-13-11-22(12-14-23)25-15-18-37(2)36-25/h11-15,18-20,26H,3-10,16-17,21H2,1-2H3,(H,33,34)(H,35,40)/t26-/m0/s1. The normalized spacial score (nSPS) is 14.4. The quantitative estimate of drug-likeness (QED) is 0.181. The molecule has 0 saturated carbocycles. The molecule has 2 N–H and O–H groups in total. The molecule has 9 nitrogen and oxygen atoms in total. The highest BCUT2D eigenvalue weighted by Crippen LogP contribution is 2.26. The third-order valence-electron chi connectivity index (χ3n) is 7.61. The Hall–Kier alpha value is -3.63. The zero-order chi connectivity index (χ0) is 28.6. The molecule has 0 unspecified atom stereocenters. The van der Waals surface area contributed by atoms with Gasteiger partial charge in [-0.2, -0.15) is 5.10 Å². The van der Waals surface area contributed by atoms with Crippen molar-refractivity contribution in [3.8, 4) is 22.5 Å². The largest absolute Gasteiger partial charge is 0.341 e. The molecule has 1 amide bonds. The van der Waals surface area contributed by atoms with Crippen LogP contribution in [0.25, 0.3) is 22.5 Å². The van der Waals surface area contributed by atoms with Crippen molar-refractivity contribution in [2.75, 3.05) is 13.1 Å². The number of hydrogen-bond acceptors (Lipinski definition) is 7. The number of H-pyrrole nitrogens is 1. The number of carbonyl (C=O) groups is 2. The molecule has 0 radical (unpaired) electrons. The summed E-state index contributed by atoms with van der Waals surface area (Å²) in [6.45, 7) is 4.91. The summed E-state index contributed by atoms with van der Waals surface area (Å²) in [5.74, 6) is 0.905. The SMILES string of the molecule is CCC(=O)CCCCC[C@H](NC(=O)c1cnc(CN2CCCC2)s1)c1ncc(-c2ccc(-c3ccn(C)n3)cc2)[nH]1. The van der Waals surface area contributed by atoms with Crippen LogP contribution in [-0.2, 0) is 18.4 Å². The fourth-order valence-corrected chi connectivity index (χ4v) is 6.06. The number of hydrogen-bond donors (Lipinski definition) is 2. The fraction of sp³-hybridized carbons (Fsp3) is 0.452. The molecule has 1 aliphatic heterocycles. The summed E-state index contributed by atoms with van der Waals surface area (Å²) in [7, 11) is 1.91. The van der Waals surface area contributed by atoms with Crippen molar-refractivity contribution in [2.24, 2.45) is 7.05 Å². The van der Waals surface area contributed by atoms with Gasteiger partial charge in [-0.1, -0.05) is 44.0 Å². The summed E-state index contributed by atoms with van der Waals surface area (Å²) >= 11 is 1.47. The van der Waals surface area contributed by atoms with E-state index in [0.717, 1.165) is 78.7 Å². The van der Waals surface area contributed by atoms with Gasteiger partial charge in [0.2, 0.25) is 0 Å². The van der Waals surface area contributed by atoms with Crippen molar-refractivity contribution in [1.82, 2.24) is 34.9 Å². The molecule has 0 bridgehead atoms. The molecule has 1 atom stereocenters. The Morgan fingerprint density at radius 2 is 1.80 bits per heavy atom. The Morgan fingerprint density at radius 3 is 2.54 bits per heavy atom. The molecule has 1 aliphatic rings. The van der Waals surface area contributed by atoms with Crippen LogP contribution >= 0.6 is 11.3 Å². The van der Waals surface area contributed by atoms with Crippen LogP contribution in [0.3, 0.4) is 0 Å². The summed E-state index contributed by atoms with van der Waals surface area (Å²) in [5, 5.41) is 8.67. The number of amides is 1. The minimum Gasteiger partial charge on any atom is -0.341 e. The molecule has 3 aromatic heterocycles. The van der Waals surface area contributed by atoms with E-state index in [1.807, 2.05) is 32.4 Å². The van der Waals surface area contributed by atoms with E-state index >= 15 is 0 Å². The topological polar surface area (TPSA) is 109 Å². The van der Waals surface area contributed by atoms with Gasteiger partial charge >= 0.3 is 0 Å². The molecule has 4 heterocycles. The summed E-state index contributed by atoms with van der Waals surface area (Å²) in [5.41, 5.74) is 3.89. The van der Waals surface area contributed by atoms with Crippen LogP contribution in [0, 0.1) is 0 Å². The second-order valence-corrected chi connectivity index (χ2v) is 11.9. The first kappa shape index (κ1) is 28.9. The van der Waals surface area contributed by atoms with E-state index in [4.69, 9.17) is 0 Å². The monoisotopic (exact) mass is 573 g/mol. The average Bonchev–Trinajstić information content (AvgIpc) is 3.81. The van der Waals surface area contributed by atoms with Crippen LogP contribution in [0.15, 0.2) is 48.9 Å². The molecule has 10 heteroatoms. The number of carbonyl (C=O) groups excluding carboxylic acids is 2. The van der Waals surface area contributed by atoms with Gasteiger partial charge in [0.25, 0.3) is 5.91 Å². The highest BCUT2D eigenvalue weighted by Gasteiger charge is 2.21. The number of ketones is 1. The third-order valence-corrected chi connectivity index (χ3v) is 8.59. The van der Waals surface area contributed by atoms with Crippen molar-refractivity contribution >= 4 is 23.0 Å². The van der Waals surface area contributed by atoms with Gasteiger partial charge in [-0.25, -0.2) is 9.97 Å². The molecular formula is C31H39N7O2S. The molecule has 41 heavy (non-hydrogen) atoms.